The Labute approximate surface area is 119 Å². The zero-order valence-corrected chi connectivity index (χ0v) is 12.0. The van der Waals surface area contributed by atoms with E-state index in [0.717, 1.165) is 21.2 Å². The van der Waals surface area contributed by atoms with Crippen molar-refractivity contribution in [1.82, 2.24) is 0 Å². The first kappa shape index (κ1) is 14.2. The molecule has 19 heavy (non-hydrogen) atoms. The van der Waals surface area contributed by atoms with Crippen LogP contribution in [0.3, 0.4) is 0 Å². The molecule has 2 aromatic carbocycles. The van der Waals surface area contributed by atoms with Gasteiger partial charge in [0.2, 0.25) is 0 Å². The second-order valence-electron chi connectivity index (χ2n) is 4.55. The minimum atomic E-state index is -0.367. The summed E-state index contributed by atoms with van der Waals surface area (Å²) >= 11 is 3.37. The Morgan fingerprint density at radius 2 is 1.74 bits per heavy atom. The van der Waals surface area contributed by atoms with Gasteiger partial charge in [0.05, 0.1) is 0 Å². The summed E-state index contributed by atoms with van der Waals surface area (Å²) in [5, 5.41) is 0. The SMILES string of the molecule is Cc1ccc(F)cc1C(N)Cc1cc(F)ccc1Br. The van der Waals surface area contributed by atoms with E-state index in [1.54, 1.807) is 12.1 Å². The number of aryl methyl sites for hydroxylation is 1. The van der Waals surface area contributed by atoms with Crippen LogP contribution in [0.5, 0.6) is 0 Å². The summed E-state index contributed by atoms with van der Waals surface area (Å²) in [6.07, 6.45) is 0.447. The number of hydrogen-bond donors (Lipinski definition) is 1. The Balaban J connectivity index is 2.27. The van der Waals surface area contributed by atoms with Crippen molar-refractivity contribution in [2.24, 2.45) is 5.73 Å². The van der Waals surface area contributed by atoms with Gasteiger partial charge >= 0.3 is 0 Å². The maximum absolute atomic E-state index is 13.3. The van der Waals surface area contributed by atoms with Gasteiger partial charge in [0, 0.05) is 10.5 Å². The molecule has 1 atom stereocenters. The smallest absolute Gasteiger partial charge is 0.123 e. The molecule has 0 saturated heterocycles. The van der Waals surface area contributed by atoms with E-state index in [0.29, 0.717) is 6.42 Å². The lowest BCUT2D eigenvalue weighted by Crippen LogP contribution is -2.15. The van der Waals surface area contributed by atoms with Crippen molar-refractivity contribution in [3.8, 4) is 0 Å². The molecule has 1 nitrogen and oxygen atoms in total. The molecule has 0 bridgehead atoms. The van der Waals surface area contributed by atoms with E-state index in [9.17, 15) is 8.78 Å². The first-order valence-corrected chi connectivity index (χ1v) is 6.72. The van der Waals surface area contributed by atoms with Crippen molar-refractivity contribution in [3.63, 3.8) is 0 Å². The maximum atomic E-state index is 13.3. The van der Waals surface area contributed by atoms with E-state index in [2.05, 4.69) is 15.9 Å². The second kappa shape index (κ2) is 5.80. The van der Waals surface area contributed by atoms with Crippen molar-refractivity contribution in [3.05, 3.63) is 69.2 Å². The average Bonchev–Trinajstić information content (AvgIpc) is 2.36. The molecular weight excluding hydrogens is 312 g/mol. The molecule has 2 aromatic rings. The van der Waals surface area contributed by atoms with Crippen molar-refractivity contribution >= 4 is 15.9 Å². The molecule has 0 aliphatic carbocycles. The highest BCUT2D eigenvalue weighted by atomic mass is 79.9. The van der Waals surface area contributed by atoms with Gasteiger partial charge in [-0.25, -0.2) is 8.78 Å². The van der Waals surface area contributed by atoms with Crippen LogP contribution in [0, 0.1) is 18.6 Å². The average molecular weight is 326 g/mol. The predicted molar refractivity (Wildman–Crippen MR) is 75.9 cm³/mol. The number of halogens is 3. The summed E-state index contributed by atoms with van der Waals surface area (Å²) in [5.74, 6) is -0.615. The lowest BCUT2D eigenvalue weighted by molar-refractivity contribution is 0.612. The Morgan fingerprint density at radius 3 is 2.47 bits per heavy atom. The van der Waals surface area contributed by atoms with Crippen LogP contribution in [-0.4, -0.2) is 0 Å². The van der Waals surface area contributed by atoms with Gasteiger partial charge in [0.15, 0.2) is 0 Å². The summed E-state index contributed by atoms with van der Waals surface area (Å²) in [6, 6.07) is 8.65. The van der Waals surface area contributed by atoms with Crippen molar-refractivity contribution in [1.29, 1.82) is 0 Å². The third-order valence-electron chi connectivity index (χ3n) is 3.09. The molecule has 2 rings (SSSR count). The monoisotopic (exact) mass is 325 g/mol. The quantitative estimate of drug-likeness (QED) is 0.895. The number of hydrogen-bond acceptors (Lipinski definition) is 1. The van der Waals surface area contributed by atoms with Crippen LogP contribution in [0.25, 0.3) is 0 Å². The highest BCUT2D eigenvalue weighted by molar-refractivity contribution is 9.10. The molecule has 0 heterocycles. The standard InChI is InChI=1S/C15H14BrF2N/c1-9-2-3-12(18)8-13(9)15(19)7-10-6-11(17)4-5-14(10)16/h2-6,8,15H,7,19H2,1H3. The lowest BCUT2D eigenvalue weighted by Gasteiger charge is -2.16. The lowest BCUT2D eigenvalue weighted by atomic mass is 9.96. The highest BCUT2D eigenvalue weighted by Gasteiger charge is 2.13. The molecule has 4 heteroatoms. The molecule has 0 spiro atoms. The Hall–Kier alpha value is -1.26. The molecule has 0 radical (unpaired) electrons. The molecule has 0 amide bonds. The van der Waals surface area contributed by atoms with Gasteiger partial charge in [-0.05, 0) is 60.4 Å². The molecule has 0 aromatic heterocycles. The molecule has 0 saturated carbocycles. The summed E-state index contributed by atoms with van der Waals surface area (Å²) < 4.78 is 27.3. The summed E-state index contributed by atoms with van der Waals surface area (Å²) in [6.45, 7) is 1.88. The fraction of sp³-hybridized carbons (Fsp3) is 0.200. The van der Waals surface area contributed by atoms with Crippen LogP contribution in [0.4, 0.5) is 8.78 Å². The van der Waals surface area contributed by atoms with Crippen LogP contribution >= 0.6 is 15.9 Å². The fourth-order valence-electron chi connectivity index (χ4n) is 2.06. The van der Waals surface area contributed by atoms with E-state index >= 15 is 0 Å². The van der Waals surface area contributed by atoms with Crippen LogP contribution in [0.1, 0.15) is 22.7 Å². The van der Waals surface area contributed by atoms with Gasteiger partial charge in [-0.2, -0.15) is 0 Å². The van der Waals surface area contributed by atoms with E-state index in [1.807, 2.05) is 6.92 Å². The predicted octanol–water partition coefficient (Wildman–Crippen LogP) is 4.28. The minimum Gasteiger partial charge on any atom is -0.324 e. The fourth-order valence-corrected chi connectivity index (χ4v) is 2.47. The van der Waals surface area contributed by atoms with Crippen LogP contribution in [-0.2, 0) is 6.42 Å². The topological polar surface area (TPSA) is 26.0 Å². The summed E-state index contributed by atoms with van der Waals surface area (Å²) in [5.41, 5.74) is 8.56. The van der Waals surface area contributed by atoms with Gasteiger partial charge in [-0.3, -0.25) is 0 Å². The van der Waals surface area contributed by atoms with Crippen molar-refractivity contribution < 1.29 is 8.78 Å². The molecule has 100 valence electrons. The van der Waals surface area contributed by atoms with Gasteiger partial charge in [0.1, 0.15) is 11.6 Å². The summed E-state index contributed by atoms with van der Waals surface area (Å²) in [7, 11) is 0. The third kappa shape index (κ3) is 3.39. The minimum absolute atomic E-state index is 0.304. The molecular formula is C15H14BrF2N. The normalized spacial score (nSPS) is 12.5. The van der Waals surface area contributed by atoms with Crippen molar-refractivity contribution in [2.75, 3.05) is 0 Å². The van der Waals surface area contributed by atoms with E-state index in [4.69, 9.17) is 5.73 Å². The van der Waals surface area contributed by atoms with Crippen LogP contribution < -0.4 is 5.73 Å². The zero-order valence-electron chi connectivity index (χ0n) is 10.5. The van der Waals surface area contributed by atoms with Gasteiger partial charge in [-0.15, -0.1) is 0 Å². The maximum Gasteiger partial charge on any atom is 0.123 e. The van der Waals surface area contributed by atoms with Crippen molar-refractivity contribution in [2.45, 2.75) is 19.4 Å². The zero-order chi connectivity index (χ0) is 14.0. The largest absolute Gasteiger partial charge is 0.324 e. The number of benzene rings is 2. The molecule has 0 aliphatic rings. The Kier molecular flexibility index (Phi) is 4.32. The number of nitrogens with two attached hydrogens (primary N) is 1. The van der Waals surface area contributed by atoms with Crippen LogP contribution in [0.2, 0.25) is 0 Å². The highest BCUT2D eigenvalue weighted by Crippen LogP contribution is 2.25. The second-order valence-corrected chi connectivity index (χ2v) is 5.40. The van der Waals surface area contributed by atoms with E-state index in [1.165, 1.54) is 24.3 Å². The third-order valence-corrected chi connectivity index (χ3v) is 3.86. The molecule has 0 aliphatic heterocycles. The van der Waals surface area contributed by atoms with E-state index < -0.39 is 0 Å². The van der Waals surface area contributed by atoms with E-state index in [-0.39, 0.29) is 17.7 Å². The first-order chi connectivity index (χ1) is 8.97. The van der Waals surface area contributed by atoms with Gasteiger partial charge < -0.3 is 5.73 Å². The molecule has 2 N–H and O–H groups in total. The van der Waals surface area contributed by atoms with Gasteiger partial charge in [-0.1, -0.05) is 22.0 Å². The Bertz CT molecular complexity index is 599. The summed E-state index contributed by atoms with van der Waals surface area (Å²) in [4.78, 5) is 0. The molecule has 0 fully saturated rings. The van der Waals surface area contributed by atoms with Crippen LogP contribution in [0.15, 0.2) is 40.9 Å². The molecule has 1 unspecified atom stereocenters. The number of rotatable bonds is 3. The first-order valence-electron chi connectivity index (χ1n) is 5.93. The van der Waals surface area contributed by atoms with Gasteiger partial charge in [0.25, 0.3) is 0 Å². The Morgan fingerprint density at radius 1 is 1.11 bits per heavy atom.